The molecule has 0 unspecified atom stereocenters. The summed E-state index contributed by atoms with van der Waals surface area (Å²) >= 11 is 1.41. The Morgan fingerprint density at radius 1 is 1.69 bits per heavy atom. The summed E-state index contributed by atoms with van der Waals surface area (Å²) in [5, 5.41) is 16.5. The number of thiophene rings is 1. The number of rotatable bonds is 3. The number of nitrogens with one attached hydrogen (secondary N) is 1. The Morgan fingerprint density at radius 2 is 2.44 bits per heavy atom. The number of carbonyl (C=O) groups excluding carboxylic acids is 1. The number of aryl methyl sites for hydroxylation is 2. The smallest absolute Gasteiger partial charge is 0.261 e. The number of nitrogens with zero attached hydrogens (tertiary/aromatic N) is 2. The predicted molar refractivity (Wildman–Crippen MR) is 62.7 cm³/mol. The van der Waals surface area contributed by atoms with Crippen molar-refractivity contribution in [3.8, 4) is 0 Å². The zero-order valence-electron chi connectivity index (χ0n) is 9.15. The summed E-state index contributed by atoms with van der Waals surface area (Å²) in [6.07, 6.45) is 0. The van der Waals surface area contributed by atoms with Crippen molar-refractivity contribution >= 4 is 27.5 Å². The fourth-order valence-electron chi connectivity index (χ4n) is 1.57. The summed E-state index contributed by atoms with van der Waals surface area (Å²) in [6, 6.07) is 1.84. The van der Waals surface area contributed by atoms with Gasteiger partial charge in [-0.05, 0) is 13.0 Å². The Kier molecular flexibility index (Phi) is 2.93. The van der Waals surface area contributed by atoms with Crippen molar-refractivity contribution in [1.29, 1.82) is 0 Å². The lowest BCUT2D eigenvalue weighted by molar-refractivity contribution is 0.0949. The zero-order valence-corrected chi connectivity index (χ0v) is 9.97. The number of aliphatic hydroxyl groups excluding tert-OH is 1. The van der Waals surface area contributed by atoms with E-state index in [1.54, 1.807) is 4.68 Å². The molecule has 0 saturated carbocycles. The second-order valence-corrected chi connectivity index (χ2v) is 4.55. The van der Waals surface area contributed by atoms with Gasteiger partial charge in [-0.3, -0.25) is 9.48 Å². The van der Waals surface area contributed by atoms with E-state index in [0.29, 0.717) is 4.88 Å². The topological polar surface area (TPSA) is 67.2 Å². The van der Waals surface area contributed by atoms with Gasteiger partial charge in [0.1, 0.15) is 4.83 Å². The molecule has 0 aliphatic heterocycles. The third-order valence-corrected chi connectivity index (χ3v) is 3.52. The molecule has 2 N–H and O–H groups in total. The molecular weight excluding hydrogens is 226 g/mol. The van der Waals surface area contributed by atoms with E-state index in [2.05, 4.69) is 10.4 Å². The van der Waals surface area contributed by atoms with Crippen LogP contribution in [0.5, 0.6) is 0 Å². The lowest BCUT2D eigenvalue weighted by atomic mass is 10.3. The van der Waals surface area contributed by atoms with E-state index in [4.69, 9.17) is 5.11 Å². The highest BCUT2D eigenvalue weighted by Crippen LogP contribution is 2.27. The minimum atomic E-state index is -0.144. The van der Waals surface area contributed by atoms with Gasteiger partial charge in [-0.25, -0.2) is 0 Å². The lowest BCUT2D eigenvalue weighted by Gasteiger charge is -1.99. The van der Waals surface area contributed by atoms with Gasteiger partial charge >= 0.3 is 0 Å². The van der Waals surface area contributed by atoms with Crippen molar-refractivity contribution in [2.45, 2.75) is 6.92 Å². The third-order valence-electron chi connectivity index (χ3n) is 2.32. The van der Waals surface area contributed by atoms with Gasteiger partial charge in [-0.2, -0.15) is 5.10 Å². The van der Waals surface area contributed by atoms with Crippen LogP contribution in [-0.4, -0.2) is 33.9 Å². The van der Waals surface area contributed by atoms with Crippen LogP contribution in [0.3, 0.4) is 0 Å². The first kappa shape index (κ1) is 11.1. The molecule has 0 bridgehead atoms. The Labute approximate surface area is 96.7 Å². The second kappa shape index (κ2) is 4.23. The maximum Gasteiger partial charge on any atom is 0.261 e. The molecular formula is C10H13N3O2S. The quantitative estimate of drug-likeness (QED) is 0.827. The highest BCUT2D eigenvalue weighted by atomic mass is 32.1. The van der Waals surface area contributed by atoms with E-state index < -0.39 is 0 Å². The molecule has 0 aliphatic carbocycles. The van der Waals surface area contributed by atoms with Crippen LogP contribution in [0, 0.1) is 6.92 Å². The summed E-state index contributed by atoms with van der Waals surface area (Å²) in [7, 11) is 1.86. The molecule has 16 heavy (non-hydrogen) atoms. The van der Waals surface area contributed by atoms with Crippen molar-refractivity contribution in [2.75, 3.05) is 13.2 Å². The normalized spacial score (nSPS) is 10.9. The van der Waals surface area contributed by atoms with Crippen LogP contribution in [0.1, 0.15) is 15.4 Å². The number of hydrogen-bond donors (Lipinski definition) is 2. The Balaban J connectivity index is 2.32. The summed E-state index contributed by atoms with van der Waals surface area (Å²) in [6.45, 7) is 2.16. The van der Waals surface area contributed by atoms with Crippen LogP contribution in [0.4, 0.5) is 0 Å². The molecule has 6 heteroatoms. The van der Waals surface area contributed by atoms with E-state index in [9.17, 15) is 4.79 Å². The molecule has 0 radical (unpaired) electrons. The van der Waals surface area contributed by atoms with E-state index in [-0.39, 0.29) is 19.1 Å². The van der Waals surface area contributed by atoms with Gasteiger partial charge in [0, 0.05) is 19.0 Å². The summed E-state index contributed by atoms with van der Waals surface area (Å²) in [5.41, 5.74) is 0.926. The Hall–Kier alpha value is -1.40. The SMILES string of the molecule is Cc1nn(C)c2sc(C(=O)NCCO)cc12. The minimum absolute atomic E-state index is 0.0444. The van der Waals surface area contributed by atoms with Gasteiger partial charge in [-0.15, -0.1) is 11.3 Å². The minimum Gasteiger partial charge on any atom is -0.395 e. The van der Waals surface area contributed by atoms with Gasteiger partial charge in [0.05, 0.1) is 17.2 Å². The van der Waals surface area contributed by atoms with Crippen LogP contribution in [0.15, 0.2) is 6.07 Å². The Morgan fingerprint density at radius 3 is 3.06 bits per heavy atom. The summed E-state index contributed by atoms with van der Waals surface area (Å²) < 4.78 is 1.78. The summed E-state index contributed by atoms with van der Waals surface area (Å²) in [4.78, 5) is 13.3. The standard InChI is InChI=1S/C10H13N3O2S/c1-6-7-5-8(9(15)11-3-4-14)16-10(7)13(2)12-6/h5,14H,3-4H2,1-2H3,(H,11,15). The Bertz CT molecular complexity index is 495. The molecule has 0 aromatic carbocycles. The number of aliphatic hydroxyl groups is 1. The van der Waals surface area contributed by atoms with Crippen LogP contribution < -0.4 is 5.32 Å². The second-order valence-electron chi connectivity index (χ2n) is 3.52. The molecule has 5 nitrogen and oxygen atoms in total. The van der Waals surface area contributed by atoms with E-state index in [1.807, 2.05) is 20.0 Å². The van der Waals surface area contributed by atoms with Gasteiger partial charge in [0.25, 0.3) is 5.91 Å². The number of fused-ring (bicyclic) bond motifs is 1. The van der Waals surface area contributed by atoms with Crippen LogP contribution in [-0.2, 0) is 7.05 Å². The van der Waals surface area contributed by atoms with Gasteiger partial charge in [0.2, 0.25) is 0 Å². The molecule has 1 amide bonds. The zero-order chi connectivity index (χ0) is 11.7. The molecule has 0 spiro atoms. The predicted octanol–water partition coefficient (Wildman–Crippen LogP) is 0.665. The molecule has 0 atom stereocenters. The van der Waals surface area contributed by atoms with Crippen LogP contribution in [0.25, 0.3) is 10.2 Å². The fraction of sp³-hybridized carbons (Fsp3) is 0.400. The highest BCUT2D eigenvalue weighted by Gasteiger charge is 2.14. The largest absolute Gasteiger partial charge is 0.395 e. The molecule has 2 rings (SSSR count). The van der Waals surface area contributed by atoms with Crippen molar-refractivity contribution in [1.82, 2.24) is 15.1 Å². The average Bonchev–Trinajstić information content (AvgIpc) is 2.79. The summed E-state index contributed by atoms with van der Waals surface area (Å²) in [5.74, 6) is -0.144. The number of amides is 1. The molecule has 2 heterocycles. The highest BCUT2D eigenvalue weighted by molar-refractivity contribution is 7.20. The fourth-order valence-corrected chi connectivity index (χ4v) is 2.61. The van der Waals surface area contributed by atoms with Crippen molar-refractivity contribution in [3.63, 3.8) is 0 Å². The van der Waals surface area contributed by atoms with Crippen molar-refractivity contribution in [3.05, 3.63) is 16.6 Å². The van der Waals surface area contributed by atoms with Crippen molar-refractivity contribution < 1.29 is 9.90 Å². The molecule has 0 saturated heterocycles. The number of aromatic nitrogens is 2. The maximum absolute atomic E-state index is 11.7. The molecule has 0 fully saturated rings. The first-order valence-electron chi connectivity index (χ1n) is 4.95. The third kappa shape index (κ3) is 1.81. The van der Waals surface area contributed by atoms with Crippen LogP contribution >= 0.6 is 11.3 Å². The monoisotopic (exact) mass is 239 g/mol. The maximum atomic E-state index is 11.7. The van der Waals surface area contributed by atoms with E-state index >= 15 is 0 Å². The molecule has 0 aliphatic rings. The number of carbonyl (C=O) groups is 1. The van der Waals surface area contributed by atoms with Gasteiger partial charge in [0.15, 0.2) is 0 Å². The average molecular weight is 239 g/mol. The van der Waals surface area contributed by atoms with E-state index in [1.165, 1.54) is 11.3 Å². The molecule has 2 aromatic rings. The van der Waals surface area contributed by atoms with Crippen LogP contribution in [0.2, 0.25) is 0 Å². The molecule has 2 aromatic heterocycles. The van der Waals surface area contributed by atoms with E-state index in [0.717, 1.165) is 15.9 Å². The lowest BCUT2D eigenvalue weighted by Crippen LogP contribution is -2.25. The first-order chi connectivity index (χ1) is 7.63. The van der Waals surface area contributed by atoms with Crippen molar-refractivity contribution in [2.24, 2.45) is 7.05 Å². The van der Waals surface area contributed by atoms with Gasteiger partial charge in [-0.1, -0.05) is 0 Å². The number of hydrogen-bond acceptors (Lipinski definition) is 4. The van der Waals surface area contributed by atoms with Gasteiger partial charge < -0.3 is 10.4 Å². The molecule has 86 valence electrons. The first-order valence-corrected chi connectivity index (χ1v) is 5.77.